The van der Waals surface area contributed by atoms with E-state index < -0.39 is 5.91 Å². The summed E-state index contributed by atoms with van der Waals surface area (Å²) in [5.41, 5.74) is 5.98. The highest BCUT2D eigenvalue weighted by atomic mass is 16.5. The van der Waals surface area contributed by atoms with Gasteiger partial charge in [0.1, 0.15) is 5.75 Å². The van der Waals surface area contributed by atoms with E-state index in [0.717, 1.165) is 25.1 Å². The quantitative estimate of drug-likeness (QED) is 0.712. The van der Waals surface area contributed by atoms with Crippen molar-refractivity contribution in [2.75, 3.05) is 32.8 Å². The molecule has 0 spiro atoms. The van der Waals surface area contributed by atoms with Gasteiger partial charge in [0.05, 0.1) is 19.3 Å². The molecule has 7 heteroatoms. The minimum absolute atomic E-state index is 0.000748. The maximum atomic E-state index is 12.1. The first-order valence-corrected chi connectivity index (χ1v) is 8.17. The molecule has 1 aliphatic rings. The van der Waals surface area contributed by atoms with Crippen LogP contribution in [-0.2, 0) is 20.9 Å². The van der Waals surface area contributed by atoms with Gasteiger partial charge in [-0.3, -0.25) is 14.5 Å². The zero-order chi connectivity index (χ0) is 17.4. The molecule has 2 amide bonds. The van der Waals surface area contributed by atoms with Gasteiger partial charge in [0, 0.05) is 19.6 Å². The second-order valence-electron chi connectivity index (χ2n) is 5.81. The second kappa shape index (κ2) is 9.24. The molecule has 7 nitrogen and oxygen atoms in total. The lowest BCUT2D eigenvalue weighted by Crippen LogP contribution is -2.46. The van der Waals surface area contributed by atoms with E-state index in [-0.39, 0.29) is 18.6 Å². The highest BCUT2D eigenvalue weighted by Crippen LogP contribution is 2.12. The number of nitrogens with zero attached hydrogens (tertiary/aromatic N) is 1. The van der Waals surface area contributed by atoms with Crippen molar-refractivity contribution in [2.45, 2.75) is 26.0 Å². The van der Waals surface area contributed by atoms with Crippen molar-refractivity contribution in [3.63, 3.8) is 0 Å². The van der Waals surface area contributed by atoms with Crippen LogP contribution in [0, 0.1) is 0 Å². The van der Waals surface area contributed by atoms with Crippen molar-refractivity contribution >= 4 is 11.8 Å². The monoisotopic (exact) mass is 335 g/mol. The molecule has 1 fully saturated rings. The highest BCUT2D eigenvalue weighted by molar-refractivity contribution is 5.78. The van der Waals surface area contributed by atoms with Gasteiger partial charge >= 0.3 is 0 Å². The molecule has 0 aromatic heterocycles. The Morgan fingerprint density at radius 2 is 2.12 bits per heavy atom. The van der Waals surface area contributed by atoms with E-state index in [9.17, 15) is 9.59 Å². The first-order valence-electron chi connectivity index (χ1n) is 8.17. The Balaban J connectivity index is 1.72. The third kappa shape index (κ3) is 6.17. The van der Waals surface area contributed by atoms with Crippen molar-refractivity contribution in [1.29, 1.82) is 0 Å². The lowest BCUT2D eigenvalue weighted by Gasteiger charge is -2.31. The van der Waals surface area contributed by atoms with Gasteiger partial charge < -0.3 is 20.5 Å². The van der Waals surface area contributed by atoms with Crippen molar-refractivity contribution in [2.24, 2.45) is 5.73 Å². The first kappa shape index (κ1) is 18.2. The van der Waals surface area contributed by atoms with E-state index in [1.807, 2.05) is 12.1 Å². The van der Waals surface area contributed by atoms with Crippen molar-refractivity contribution in [3.05, 3.63) is 29.8 Å². The van der Waals surface area contributed by atoms with Gasteiger partial charge in [-0.1, -0.05) is 19.1 Å². The van der Waals surface area contributed by atoms with Crippen LogP contribution in [0.25, 0.3) is 0 Å². The van der Waals surface area contributed by atoms with Gasteiger partial charge in [-0.05, 0) is 24.1 Å². The van der Waals surface area contributed by atoms with Crippen LogP contribution in [0.2, 0.25) is 0 Å². The number of hydrogen-bond donors (Lipinski definition) is 2. The average molecular weight is 335 g/mol. The van der Waals surface area contributed by atoms with E-state index >= 15 is 0 Å². The number of nitrogens with one attached hydrogen (secondary N) is 1. The molecule has 0 saturated carbocycles. The van der Waals surface area contributed by atoms with Gasteiger partial charge in [-0.15, -0.1) is 0 Å². The third-order valence-electron chi connectivity index (χ3n) is 3.84. The Hall–Kier alpha value is -2.12. The number of carbonyl (C=O) groups excluding carboxylic acids is 2. The lowest BCUT2D eigenvalue weighted by molar-refractivity contribution is -0.124. The van der Waals surface area contributed by atoms with Gasteiger partial charge in [0.15, 0.2) is 6.61 Å². The Labute approximate surface area is 142 Å². The smallest absolute Gasteiger partial charge is 0.255 e. The maximum absolute atomic E-state index is 12.1. The lowest BCUT2D eigenvalue weighted by atomic mass is 10.2. The first-order chi connectivity index (χ1) is 11.6. The van der Waals surface area contributed by atoms with E-state index in [1.54, 1.807) is 12.1 Å². The van der Waals surface area contributed by atoms with Crippen LogP contribution in [-0.4, -0.2) is 55.7 Å². The third-order valence-corrected chi connectivity index (χ3v) is 3.84. The molecule has 132 valence electrons. The molecule has 1 aromatic rings. The number of rotatable bonds is 8. The normalized spacial score (nSPS) is 18.1. The van der Waals surface area contributed by atoms with Crippen LogP contribution < -0.4 is 15.8 Å². The summed E-state index contributed by atoms with van der Waals surface area (Å²) < 4.78 is 10.8. The zero-order valence-corrected chi connectivity index (χ0v) is 14.0. The predicted molar refractivity (Wildman–Crippen MR) is 89.4 cm³/mol. The molecule has 24 heavy (non-hydrogen) atoms. The summed E-state index contributed by atoms with van der Waals surface area (Å²) in [5.74, 6) is 0.0587. The fourth-order valence-electron chi connectivity index (χ4n) is 2.49. The molecule has 0 unspecified atom stereocenters. The summed E-state index contributed by atoms with van der Waals surface area (Å²) in [6, 6.07) is 7.19. The molecule has 0 aliphatic carbocycles. The van der Waals surface area contributed by atoms with Gasteiger partial charge in [0.2, 0.25) is 5.91 Å². The van der Waals surface area contributed by atoms with E-state index in [2.05, 4.69) is 17.1 Å². The molecule has 0 radical (unpaired) electrons. The molecule has 1 aliphatic heterocycles. The predicted octanol–water partition coefficient (Wildman–Crippen LogP) is 0.278. The summed E-state index contributed by atoms with van der Waals surface area (Å²) in [6.07, 6.45) is 1.18. The van der Waals surface area contributed by atoms with Crippen LogP contribution in [0.15, 0.2) is 24.3 Å². The van der Waals surface area contributed by atoms with Crippen LogP contribution in [0.4, 0.5) is 0 Å². The van der Waals surface area contributed by atoms with E-state index in [1.165, 1.54) is 0 Å². The average Bonchev–Trinajstić information content (AvgIpc) is 2.59. The van der Waals surface area contributed by atoms with E-state index in [4.69, 9.17) is 15.2 Å². The number of nitrogens with two attached hydrogens (primary N) is 1. The van der Waals surface area contributed by atoms with E-state index in [0.29, 0.717) is 25.4 Å². The molecular formula is C17H25N3O4. The SMILES string of the molecule is CC[C@@H]1CN(CC(=O)NCc2ccc(OCC(N)=O)cc2)CCO1. The largest absolute Gasteiger partial charge is 0.484 e. The Bertz CT molecular complexity index is 547. The molecule has 0 bridgehead atoms. The van der Waals surface area contributed by atoms with Crippen molar-refractivity contribution in [3.8, 4) is 5.75 Å². The molecule has 1 saturated heterocycles. The number of benzene rings is 1. The Morgan fingerprint density at radius 1 is 1.38 bits per heavy atom. The number of amides is 2. The van der Waals surface area contributed by atoms with Crippen molar-refractivity contribution in [1.82, 2.24) is 10.2 Å². The number of ether oxygens (including phenoxy) is 2. The van der Waals surface area contributed by atoms with Crippen LogP contribution in [0.5, 0.6) is 5.75 Å². The van der Waals surface area contributed by atoms with Gasteiger partial charge in [0.25, 0.3) is 5.91 Å². The minimum atomic E-state index is -0.514. The van der Waals surface area contributed by atoms with Crippen LogP contribution >= 0.6 is 0 Å². The summed E-state index contributed by atoms with van der Waals surface area (Å²) in [4.78, 5) is 24.8. The molecule has 3 N–H and O–H groups in total. The molecular weight excluding hydrogens is 310 g/mol. The highest BCUT2D eigenvalue weighted by Gasteiger charge is 2.20. The second-order valence-corrected chi connectivity index (χ2v) is 5.81. The number of carbonyl (C=O) groups is 2. The fourth-order valence-corrected chi connectivity index (χ4v) is 2.49. The molecule has 1 heterocycles. The van der Waals surface area contributed by atoms with Crippen molar-refractivity contribution < 1.29 is 19.1 Å². The molecule has 2 rings (SSSR count). The summed E-state index contributed by atoms with van der Waals surface area (Å²) in [6.45, 7) is 5.06. The van der Waals surface area contributed by atoms with Crippen LogP contribution in [0.3, 0.4) is 0 Å². The maximum Gasteiger partial charge on any atom is 0.255 e. The Kier molecular flexibility index (Phi) is 7.02. The molecule has 1 atom stereocenters. The standard InChI is InChI=1S/C17H25N3O4/c1-2-14-10-20(7-8-23-14)11-17(22)19-9-13-3-5-15(6-4-13)24-12-16(18)21/h3-6,14H,2,7-12H2,1H3,(H2,18,21)(H,19,22)/t14-/m1/s1. The van der Waals surface area contributed by atoms with Gasteiger partial charge in [-0.2, -0.15) is 0 Å². The molecule has 1 aromatic carbocycles. The fraction of sp³-hybridized carbons (Fsp3) is 0.529. The van der Waals surface area contributed by atoms with Gasteiger partial charge in [-0.25, -0.2) is 0 Å². The minimum Gasteiger partial charge on any atom is -0.484 e. The zero-order valence-electron chi connectivity index (χ0n) is 14.0. The topological polar surface area (TPSA) is 93.9 Å². The number of primary amides is 1. The summed E-state index contributed by atoms with van der Waals surface area (Å²) in [7, 11) is 0. The number of hydrogen-bond acceptors (Lipinski definition) is 5. The summed E-state index contributed by atoms with van der Waals surface area (Å²) in [5, 5.41) is 2.91. The number of morpholine rings is 1. The van der Waals surface area contributed by atoms with Crippen LogP contribution in [0.1, 0.15) is 18.9 Å². The Morgan fingerprint density at radius 3 is 2.79 bits per heavy atom. The summed E-state index contributed by atoms with van der Waals surface area (Å²) >= 11 is 0.